The summed E-state index contributed by atoms with van der Waals surface area (Å²) in [5.41, 5.74) is 3.82. The van der Waals surface area contributed by atoms with Crippen molar-refractivity contribution in [1.82, 2.24) is 4.98 Å². The van der Waals surface area contributed by atoms with E-state index in [2.05, 4.69) is 10.3 Å². The Balaban J connectivity index is 2.00. The molecule has 0 fully saturated rings. The van der Waals surface area contributed by atoms with E-state index in [0.717, 1.165) is 16.7 Å². The van der Waals surface area contributed by atoms with Crippen LogP contribution in [0.3, 0.4) is 0 Å². The van der Waals surface area contributed by atoms with Crippen molar-refractivity contribution in [2.45, 2.75) is 20.4 Å². The molecule has 1 N–H and O–H groups in total. The van der Waals surface area contributed by atoms with Gasteiger partial charge in [0.15, 0.2) is 0 Å². The molecule has 0 spiro atoms. The van der Waals surface area contributed by atoms with E-state index in [0.29, 0.717) is 11.4 Å². The number of amides is 1. The molecule has 0 radical (unpaired) electrons. The van der Waals surface area contributed by atoms with Gasteiger partial charge in [-0.15, -0.1) is 0 Å². The van der Waals surface area contributed by atoms with Crippen molar-refractivity contribution in [2.75, 3.05) is 15.4 Å². The SMILES string of the molecule is CCS(=O)(=O)N(Cc1cccnc1)c1cccc(-c2cccc(NC(C)=O)c2)c1. The molecular weight excluding hydrogens is 386 g/mol. The Morgan fingerprint density at radius 2 is 1.76 bits per heavy atom. The van der Waals surface area contributed by atoms with Crippen LogP contribution in [0.4, 0.5) is 11.4 Å². The lowest BCUT2D eigenvalue weighted by molar-refractivity contribution is -0.114. The maximum atomic E-state index is 12.8. The van der Waals surface area contributed by atoms with Gasteiger partial charge in [-0.1, -0.05) is 30.3 Å². The van der Waals surface area contributed by atoms with Crippen LogP contribution < -0.4 is 9.62 Å². The summed E-state index contributed by atoms with van der Waals surface area (Å²) < 4.78 is 27.0. The molecule has 2 aromatic carbocycles. The van der Waals surface area contributed by atoms with Gasteiger partial charge in [0, 0.05) is 25.0 Å². The number of carbonyl (C=O) groups excluding carboxylic acids is 1. The minimum atomic E-state index is -3.49. The van der Waals surface area contributed by atoms with Gasteiger partial charge in [0.2, 0.25) is 15.9 Å². The zero-order valence-corrected chi connectivity index (χ0v) is 17.2. The second-order valence-electron chi connectivity index (χ2n) is 6.58. The van der Waals surface area contributed by atoms with E-state index in [1.165, 1.54) is 11.2 Å². The Hall–Kier alpha value is -3.19. The van der Waals surface area contributed by atoms with Crippen LogP contribution in [0.5, 0.6) is 0 Å². The average molecular weight is 410 g/mol. The largest absolute Gasteiger partial charge is 0.326 e. The van der Waals surface area contributed by atoms with Crippen molar-refractivity contribution < 1.29 is 13.2 Å². The standard InChI is InChI=1S/C22H23N3O3S/c1-3-29(27,28)25(16-18-7-6-12-23-15-18)22-11-5-9-20(14-22)19-8-4-10-21(13-19)24-17(2)26/h4-15H,3,16H2,1-2H3,(H,24,26). The monoisotopic (exact) mass is 409 g/mol. The third kappa shape index (κ3) is 5.20. The van der Waals surface area contributed by atoms with Gasteiger partial charge < -0.3 is 5.32 Å². The number of sulfonamides is 1. The number of rotatable bonds is 7. The molecule has 1 heterocycles. The van der Waals surface area contributed by atoms with Crippen molar-refractivity contribution in [3.63, 3.8) is 0 Å². The molecule has 7 heteroatoms. The van der Waals surface area contributed by atoms with Gasteiger partial charge in [0.25, 0.3) is 0 Å². The number of nitrogens with zero attached hydrogens (tertiary/aromatic N) is 2. The van der Waals surface area contributed by atoms with Crippen molar-refractivity contribution in [3.8, 4) is 11.1 Å². The molecule has 0 bridgehead atoms. The highest BCUT2D eigenvalue weighted by Gasteiger charge is 2.21. The molecule has 0 aliphatic rings. The van der Waals surface area contributed by atoms with Crippen LogP contribution >= 0.6 is 0 Å². The van der Waals surface area contributed by atoms with E-state index in [1.54, 1.807) is 31.5 Å². The first-order valence-electron chi connectivity index (χ1n) is 9.26. The Kier molecular flexibility index (Phi) is 6.29. The van der Waals surface area contributed by atoms with Crippen LogP contribution in [0, 0.1) is 0 Å². The van der Waals surface area contributed by atoms with E-state index in [9.17, 15) is 13.2 Å². The van der Waals surface area contributed by atoms with E-state index >= 15 is 0 Å². The summed E-state index contributed by atoms with van der Waals surface area (Å²) in [4.78, 5) is 15.4. The predicted molar refractivity (Wildman–Crippen MR) is 116 cm³/mol. The summed E-state index contributed by atoms with van der Waals surface area (Å²) in [5.74, 6) is -0.150. The fourth-order valence-electron chi connectivity index (χ4n) is 2.98. The molecule has 6 nitrogen and oxygen atoms in total. The highest BCUT2D eigenvalue weighted by molar-refractivity contribution is 7.92. The summed E-state index contributed by atoms with van der Waals surface area (Å²) in [6.07, 6.45) is 3.32. The van der Waals surface area contributed by atoms with Crippen LogP contribution in [0.25, 0.3) is 11.1 Å². The minimum Gasteiger partial charge on any atom is -0.326 e. The number of benzene rings is 2. The number of hydrogen-bond acceptors (Lipinski definition) is 4. The van der Waals surface area contributed by atoms with Gasteiger partial charge >= 0.3 is 0 Å². The quantitative estimate of drug-likeness (QED) is 0.638. The number of aromatic nitrogens is 1. The van der Waals surface area contributed by atoms with Crippen molar-refractivity contribution in [1.29, 1.82) is 0 Å². The number of anilines is 2. The predicted octanol–water partition coefficient (Wildman–Crippen LogP) is 4.06. The lowest BCUT2D eigenvalue weighted by Crippen LogP contribution is -2.31. The third-order valence-corrected chi connectivity index (χ3v) is 6.14. The van der Waals surface area contributed by atoms with Gasteiger partial charge in [-0.2, -0.15) is 0 Å². The number of carbonyl (C=O) groups is 1. The molecule has 0 saturated heterocycles. The van der Waals surface area contributed by atoms with Crippen molar-refractivity contribution >= 4 is 27.3 Å². The lowest BCUT2D eigenvalue weighted by atomic mass is 10.0. The molecule has 0 saturated carbocycles. The molecule has 150 valence electrons. The first-order chi connectivity index (χ1) is 13.9. The normalized spacial score (nSPS) is 11.1. The van der Waals surface area contributed by atoms with E-state index in [-0.39, 0.29) is 18.2 Å². The highest BCUT2D eigenvalue weighted by atomic mass is 32.2. The smallest absolute Gasteiger partial charge is 0.235 e. The summed E-state index contributed by atoms with van der Waals surface area (Å²) in [5, 5.41) is 2.77. The van der Waals surface area contributed by atoms with Crippen LogP contribution in [-0.4, -0.2) is 25.1 Å². The van der Waals surface area contributed by atoms with Crippen LogP contribution in [0.2, 0.25) is 0 Å². The average Bonchev–Trinajstić information content (AvgIpc) is 2.72. The Morgan fingerprint density at radius 1 is 1.03 bits per heavy atom. The first kappa shape index (κ1) is 20.5. The van der Waals surface area contributed by atoms with Crippen LogP contribution in [0.15, 0.2) is 73.1 Å². The van der Waals surface area contributed by atoms with E-state index in [4.69, 9.17) is 0 Å². The van der Waals surface area contributed by atoms with Crippen LogP contribution in [-0.2, 0) is 21.4 Å². The molecule has 3 rings (SSSR count). The van der Waals surface area contributed by atoms with Gasteiger partial charge in [-0.3, -0.25) is 14.1 Å². The fourth-order valence-corrected chi connectivity index (χ4v) is 4.08. The van der Waals surface area contributed by atoms with Crippen molar-refractivity contribution in [2.24, 2.45) is 0 Å². The molecule has 0 aliphatic carbocycles. The number of pyridine rings is 1. The number of nitrogens with one attached hydrogen (secondary N) is 1. The first-order valence-corrected chi connectivity index (χ1v) is 10.9. The molecule has 1 amide bonds. The summed E-state index contributed by atoms with van der Waals surface area (Å²) in [6, 6.07) is 18.5. The highest BCUT2D eigenvalue weighted by Crippen LogP contribution is 2.29. The second-order valence-corrected chi connectivity index (χ2v) is 8.76. The Bertz CT molecular complexity index is 1100. The van der Waals surface area contributed by atoms with Gasteiger partial charge in [-0.25, -0.2) is 8.42 Å². The Labute approximate surface area is 171 Å². The molecule has 0 atom stereocenters. The zero-order chi connectivity index (χ0) is 20.9. The minimum absolute atomic E-state index is 0.00446. The maximum Gasteiger partial charge on any atom is 0.235 e. The molecule has 1 aromatic heterocycles. The topological polar surface area (TPSA) is 79.4 Å². The van der Waals surface area contributed by atoms with E-state index < -0.39 is 10.0 Å². The summed E-state index contributed by atoms with van der Waals surface area (Å²) in [7, 11) is -3.49. The van der Waals surface area contributed by atoms with Gasteiger partial charge in [0.1, 0.15) is 0 Å². The van der Waals surface area contributed by atoms with Crippen LogP contribution in [0.1, 0.15) is 19.4 Å². The van der Waals surface area contributed by atoms with Gasteiger partial charge in [-0.05, 0) is 53.9 Å². The Morgan fingerprint density at radius 3 is 2.41 bits per heavy atom. The fraction of sp³-hybridized carbons (Fsp3) is 0.182. The number of hydrogen-bond donors (Lipinski definition) is 1. The molecule has 29 heavy (non-hydrogen) atoms. The third-order valence-electron chi connectivity index (χ3n) is 4.40. The second kappa shape index (κ2) is 8.87. The summed E-state index contributed by atoms with van der Waals surface area (Å²) >= 11 is 0. The maximum absolute atomic E-state index is 12.8. The summed E-state index contributed by atoms with van der Waals surface area (Å²) in [6.45, 7) is 3.30. The molecule has 3 aromatic rings. The van der Waals surface area contributed by atoms with Gasteiger partial charge in [0.05, 0.1) is 18.0 Å². The molecular formula is C22H23N3O3S. The molecule has 0 aliphatic heterocycles. The van der Waals surface area contributed by atoms with E-state index in [1.807, 2.05) is 48.5 Å². The molecule has 0 unspecified atom stereocenters. The lowest BCUT2D eigenvalue weighted by Gasteiger charge is -2.24. The zero-order valence-electron chi connectivity index (χ0n) is 16.4. The van der Waals surface area contributed by atoms with Crippen molar-refractivity contribution in [3.05, 3.63) is 78.6 Å².